The Morgan fingerprint density at radius 3 is 2.59 bits per heavy atom. The van der Waals surface area contributed by atoms with E-state index in [1.54, 1.807) is 23.6 Å². The van der Waals surface area contributed by atoms with Crippen LogP contribution >= 0.6 is 0 Å². The van der Waals surface area contributed by atoms with Crippen LogP contribution in [0.5, 0.6) is 0 Å². The van der Waals surface area contributed by atoms with Crippen LogP contribution in [0.15, 0.2) is 48.8 Å². The number of aromatic nitrogens is 3. The fourth-order valence-electron chi connectivity index (χ4n) is 3.77. The normalized spacial score (nSPS) is 11.8. The third-order valence-corrected chi connectivity index (χ3v) is 5.12. The van der Waals surface area contributed by atoms with E-state index >= 15 is 0 Å². The van der Waals surface area contributed by atoms with Crippen molar-refractivity contribution >= 4 is 34.2 Å². The molecule has 4 aromatic rings. The molecule has 0 saturated carbocycles. The zero-order valence-corrected chi connectivity index (χ0v) is 18.8. The highest BCUT2D eigenvalue weighted by Gasteiger charge is 2.23. The molecule has 0 saturated heterocycles. The van der Waals surface area contributed by atoms with Gasteiger partial charge in [0, 0.05) is 54.5 Å². The fraction of sp³-hybridized carbons (Fsp3) is 0.292. The largest absolute Gasteiger partial charge is 0.365 e. The molecule has 0 atom stereocenters. The predicted molar refractivity (Wildman–Crippen MR) is 127 cm³/mol. The minimum absolute atomic E-state index is 0.0691. The first-order valence-electron chi connectivity index (χ1n) is 10.6. The van der Waals surface area contributed by atoms with Crippen LogP contribution in [0.1, 0.15) is 42.8 Å². The van der Waals surface area contributed by atoms with Crippen LogP contribution in [0.4, 0.5) is 5.82 Å². The van der Waals surface area contributed by atoms with Crippen LogP contribution in [0, 0.1) is 0 Å². The number of benzene rings is 1. The van der Waals surface area contributed by atoms with Gasteiger partial charge in [0.15, 0.2) is 0 Å². The van der Waals surface area contributed by atoms with Gasteiger partial charge in [-0.05, 0) is 39.0 Å². The molecular formula is C24H28N6O2. The molecule has 0 spiro atoms. The number of pyridine rings is 1. The number of fused-ring (bicyclic) bond motifs is 2. The van der Waals surface area contributed by atoms with Gasteiger partial charge in [-0.3, -0.25) is 18.6 Å². The summed E-state index contributed by atoms with van der Waals surface area (Å²) in [7, 11) is 0. The van der Waals surface area contributed by atoms with E-state index in [2.05, 4.69) is 31.4 Å². The second kappa shape index (κ2) is 8.12. The van der Waals surface area contributed by atoms with E-state index in [0.717, 1.165) is 28.0 Å². The monoisotopic (exact) mass is 432 g/mol. The SMILES string of the molecule is CC(=O)n1cc(-c2nc3cc(C(=O)NCCN)ccn3c2NC(C)(C)C)c2ccccc21. The molecule has 166 valence electrons. The Morgan fingerprint density at radius 1 is 1.16 bits per heavy atom. The molecule has 8 heteroatoms. The minimum Gasteiger partial charge on any atom is -0.365 e. The second-order valence-corrected chi connectivity index (χ2v) is 8.82. The predicted octanol–water partition coefficient (Wildman–Crippen LogP) is 3.52. The van der Waals surface area contributed by atoms with Crippen molar-refractivity contribution in [3.05, 3.63) is 54.4 Å². The van der Waals surface area contributed by atoms with Gasteiger partial charge in [-0.15, -0.1) is 0 Å². The maximum absolute atomic E-state index is 12.4. The summed E-state index contributed by atoms with van der Waals surface area (Å²) in [4.78, 5) is 29.6. The summed E-state index contributed by atoms with van der Waals surface area (Å²) in [6.45, 7) is 8.55. The Bertz CT molecular complexity index is 1330. The van der Waals surface area contributed by atoms with Gasteiger partial charge in [0.25, 0.3) is 5.91 Å². The molecule has 3 heterocycles. The topological polar surface area (TPSA) is 106 Å². The van der Waals surface area contributed by atoms with Crippen LogP contribution in [0.25, 0.3) is 27.8 Å². The van der Waals surface area contributed by atoms with E-state index in [1.165, 1.54) is 0 Å². The number of nitrogens with one attached hydrogen (secondary N) is 2. The summed E-state index contributed by atoms with van der Waals surface area (Å²) < 4.78 is 3.57. The molecule has 0 aliphatic carbocycles. The number of hydrogen-bond donors (Lipinski definition) is 3. The molecule has 4 N–H and O–H groups in total. The number of imidazole rings is 1. The van der Waals surface area contributed by atoms with Gasteiger partial charge in [-0.25, -0.2) is 4.98 Å². The lowest BCUT2D eigenvalue weighted by molar-refractivity contribution is 0.0937. The van der Waals surface area contributed by atoms with Crippen molar-refractivity contribution in [3.8, 4) is 11.3 Å². The Labute approximate surface area is 186 Å². The number of amides is 1. The third-order valence-electron chi connectivity index (χ3n) is 5.12. The number of nitrogens with zero attached hydrogens (tertiary/aromatic N) is 3. The molecule has 0 aliphatic rings. The van der Waals surface area contributed by atoms with Gasteiger partial charge in [0.1, 0.15) is 17.2 Å². The van der Waals surface area contributed by atoms with Gasteiger partial charge in [-0.2, -0.15) is 0 Å². The number of anilines is 1. The highest BCUT2D eigenvalue weighted by atomic mass is 16.2. The second-order valence-electron chi connectivity index (χ2n) is 8.82. The van der Waals surface area contributed by atoms with E-state index < -0.39 is 0 Å². The van der Waals surface area contributed by atoms with Crippen molar-refractivity contribution in [1.82, 2.24) is 19.3 Å². The molecule has 3 aromatic heterocycles. The zero-order chi connectivity index (χ0) is 23.0. The van der Waals surface area contributed by atoms with Crippen molar-refractivity contribution in [2.45, 2.75) is 33.2 Å². The number of carbonyl (C=O) groups excluding carboxylic acids is 2. The fourth-order valence-corrected chi connectivity index (χ4v) is 3.77. The van der Waals surface area contributed by atoms with Crippen molar-refractivity contribution < 1.29 is 9.59 Å². The van der Waals surface area contributed by atoms with Gasteiger partial charge < -0.3 is 16.4 Å². The first-order chi connectivity index (χ1) is 15.2. The molecule has 0 fully saturated rings. The summed E-state index contributed by atoms with van der Waals surface area (Å²) in [6, 6.07) is 11.3. The smallest absolute Gasteiger partial charge is 0.251 e. The highest BCUT2D eigenvalue weighted by Crippen LogP contribution is 2.36. The number of nitrogens with two attached hydrogens (primary N) is 1. The highest BCUT2D eigenvalue weighted by molar-refractivity contribution is 6.03. The van der Waals surface area contributed by atoms with Crippen LogP contribution in [0.2, 0.25) is 0 Å². The van der Waals surface area contributed by atoms with E-state index in [0.29, 0.717) is 24.3 Å². The van der Waals surface area contributed by atoms with Gasteiger partial charge >= 0.3 is 0 Å². The Morgan fingerprint density at radius 2 is 1.91 bits per heavy atom. The maximum atomic E-state index is 12.4. The van der Waals surface area contributed by atoms with Crippen molar-refractivity contribution in [3.63, 3.8) is 0 Å². The summed E-state index contributed by atoms with van der Waals surface area (Å²) >= 11 is 0. The molecular weight excluding hydrogens is 404 g/mol. The zero-order valence-electron chi connectivity index (χ0n) is 18.8. The van der Waals surface area contributed by atoms with Crippen molar-refractivity contribution in [2.24, 2.45) is 5.73 Å². The summed E-state index contributed by atoms with van der Waals surface area (Å²) in [6.07, 6.45) is 3.67. The lowest BCUT2D eigenvalue weighted by Crippen LogP contribution is -2.29. The Hall–Kier alpha value is -3.65. The van der Waals surface area contributed by atoms with Crippen molar-refractivity contribution in [2.75, 3.05) is 18.4 Å². The van der Waals surface area contributed by atoms with E-state index in [1.807, 2.05) is 41.1 Å². The molecule has 8 nitrogen and oxygen atoms in total. The number of hydrogen-bond acceptors (Lipinski definition) is 5. The molecule has 32 heavy (non-hydrogen) atoms. The average Bonchev–Trinajstić information content (AvgIpc) is 3.29. The van der Waals surface area contributed by atoms with Crippen molar-refractivity contribution in [1.29, 1.82) is 0 Å². The molecule has 0 radical (unpaired) electrons. The summed E-state index contributed by atoms with van der Waals surface area (Å²) in [5, 5.41) is 7.27. The first-order valence-corrected chi connectivity index (χ1v) is 10.6. The molecule has 1 amide bonds. The van der Waals surface area contributed by atoms with Crippen LogP contribution < -0.4 is 16.4 Å². The number of rotatable bonds is 5. The average molecular weight is 433 g/mol. The summed E-state index contributed by atoms with van der Waals surface area (Å²) in [5.41, 5.74) is 8.80. The lowest BCUT2D eigenvalue weighted by Gasteiger charge is -2.22. The Balaban J connectivity index is 1.94. The lowest BCUT2D eigenvalue weighted by atomic mass is 10.1. The molecule has 1 aromatic carbocycles. The minimum atomic E-state index is -0.235. The Kier molecular flexibility index (Phi) is 5.48. The molecule has 0 unspecified atom stereocenters. The first kappa shape index (κ1) is 21.6. The van der Waals surface area contributed by atoms with E-state index in [9.17, 15) is 9.59 Å². The van der Waals surface area contributed by atoms with E-state index in [-0.39, 0.29) is 17.4 Å². The van der Waals surface area contributed by atoms with Crippen LogP contribution in [0.3, 0.4) is 0 Å². The third kappa shape index (κ3) is 3.97. The van der Waals surface area contributed by atoms with E-state index in [4.69, 9.17) is 10.7 Å². The maximum Gasteiger partial charge on any atom is 0.251 e. The standard InChI is InChI=1S/C24H28N6O2/c1-15(31)30-14-18(17-7-5-6-8-19(17)30)21-22(28-24(2,3)4)29-12-9-16(13-20(29)27-21)23(32)26-11-10-25/h5-9,12-14,28H,10-11,25H2,1-4H3,(H,26,32). The van der Waals surface area contributed by atoms with Gasteiger partial charge in [-0.1, -0.05) is 18.2 Å². The van der Waals surface area contributed by atoms with Gasteiger partial charge in [0.2, 0.25) is 5.91 Å². The molecule has 0 bridgehead atoms. The quantitative estimate of drug-likeness (QED) is 0.447. The number of para-hydroxylation sites is 1. The van der Waals surface area contributed by atoms with Gasteiger partial charge in [0.05, 0.1) is 5.52 Å². The molecule has 4 rings (SSSR count). The van der Waals surface area contributed by atoms with Crippen LogP contribution in [-0.2, 0) is 0 Å². The number of carbonyl (C=O) groups is 2. The summed E-state index contributed by atoms with van der Waals surface area (Å²) in [5.74, 6) is 0.536. The molecule has 0 aliphatic heterocycles. The van der Waals surface area contributed by atoms with Crippen LogP contribution in [-0.4, -0.2) is 44.4 Å².